The fourth-order valence-electron chi connectivity index (χ4n) is 3.79. The summed E-state index contributed by atoms with van der Waals surface area (Å²) in [4.78, 5) is 0. The number of para-hydroxylation sites is 1. The first kappa shape index (κ1) is 15.3. The molecule has 1 nitrogen and oxygen atoms in total. The van der Waals surface area contributed by atoms with Gasteiger partial charge in [0.05, 0.1) is 11.7 Å². The Labute approximate surface area is 134 Å². The molecule has 2 heteroatoms. The molecule has 1 aliphatic heterocycles. The van der Waals surface area contributed by atoms with Crippen LogP contribution in [-0.2, 0) is 0 Å². The first-order valence-corrected chi connectivity index (χ1v) is 9.52. The fraction of sp³-hybridized carbons (Fsp3) is 0.684. The number of nitrogens with zero attached hydrogens (tertiary/aromatic N) is 1. The van der Waals surface area contributed by atoms with Gasteiger partial charge in [-0.1, -0.05) is 65.2 Å². The van der Waals surface area contributed by atoms with E-state index in [0.29, 0.717) is 11.8 Å². The minimum atomic E-state index is 0.601. The first-order chi connectivity index (χ1) is 10.1. The Hall–Kier alpha value is -0.630. The predicted octanol–water partition coefficient (Wildman–Crippen LogP) is 6.10. The standard InChI is InChI=1S/C19H29NS/c1-13(2)15-9-8-10-16(14(3)4)19(15)20-17-11-6-5-7-12-18(17)21-20/h8-10,13-14,17-18H,5-7,11-12H2,1-4H3. The largest absolute Gasteiger partial charge is 0.311 e. The lowest BCUT2D eigenvalue weighted by Gasteiger charge is -2.49. The predicted molar refractivity (Wildman–Crippen MR) is 95.4 cm³/mol. The zero-order chi connectivity index (χ0) is 15.0. The maximum absolute atomic E-state index is 2.68. The fourth-order valence-corrected chi connectivity index (χ4v) is 5.28. The van der Waals surface area contributed by atoms with Crippen LogP contribution in [-0.4, -0.2) is 11.3 Å². The molecular weight excluding hydrogens is 274 g/mol. The Kier molecular flexibility index (Phi) is 4.54. The van der Waals surface area contributed by atoms with Gasteiger partial charge < -0.3 is 4.31 Å². The number of anilines is 1. The van der Waals surface area contributed by atoms with E-state index in [1.807, 2.05) is 0 Å². The van der Waals surface area contributed by atoms with Crippen LogP contribution in [0.3, 0.4) is 0 Å². The summed E-state index contributed by atoms with van der Waals surface area (Å²) < 4.78 is 2.68. The van der Waals surface area contributed by atoms with Crippen molar-refractivity contribution in [2.24, 2.45) is 0 Å². The normalized spacial score (nSPS) is 25.7. The van der Waals surface area contributed by atoms with Crippen molar-refractivity contribution < 1.29 is 0 Å². The Balaban J connectivity index is 1.97. The molecule has 2 unspecified atom stereocenters. The molecule has 2 atom stereocenters. The highest BCUT2D eigenvalue weighted by atomic mass is 32.2. The lowest BCUT2D eigenvalue weighted by atomic mass is 9.91. The van der Waals surface area contributed by atoms with E-state index in [0.717, 1.165) is 11.3 Å². The molecular formula is C19H29NS. The molecule has 0 amide bonds. The number of hydrogen-bond donors (Lipinski definition) is 0. The van der Waals surface area contributed by atoms with Gasteiger partial charge in [0.2, 0.25) is 0 Å². The molecule has 0 N–H and O–H groups in total. The van der Waals surface area contributed by atoms with Crippen molar-refractivity contribution in [1.29, 1.82) is 0 Å². The van der Waals surface area contributed by atoms with Crippen molar-refractivity contribution in [3.63, 3.8) is 0 Å². The van der Waals surface area contributed by atoms with E-state index in [4.69, 9.17) is 0 Å². The first-order valence-electron chi connectivity index (χ1n) is 8.68. The van der Waals surface area contributed by atoms with Crippen LogP contribution in [0.25, 0.3) is 0 Å². The maximum Gasteiger partial charge on any atom is 0.0542 e. The third kappa shape index (κ3) is 2.84. The molecule has 0 aromatic heterocycles. The highest BCUT2D eigenvalue weighted by Gasteiger charge is 2.42. The van der Waals surface area contributed by atoms with Crippen LogP contribution in [0.5, 0.6) is 0 Å². The van der Waals surface area contributed by atoms with E-state index in [-0.39, 0.29) is 0 Å². The lowest BCUT2D eigenvalue weighted by Crippen LogP contribution is -2.50. The minimum Gasteiger partial charge on any atom is -0.311 e. The number of rotatable bonds is 3. The maximum atomic E-state index is 2.68. The van der Waals surface area contributed by atoms with Crippen LogP contribution < -0.4 is 4.31 Å². The van der Waals surface area contributed by atoms with Crippen molar-refractivity contribution in [3.8, 4) is 0 Å². The second-order valence-corrected chi connectivity index (χ2v) is 8.48. The summed E-state index contributed by atoms with van der Waals surface area (Å²) in [5.41, 5.74) is 4.63. The Morgan fingerprint density at radius 2 is 1.57 bits per heavy atom. The number of benzene rings is 1. The van der Waals surface area contributed by atoms with Gasteiger partial charge in [-0.2, -0.15) is 0 Å². The summed E-state index contributed by atoms with van der Waals surface area (Å²) in [6.07, 6.45) is 7.10. The molecule has 1 heterocycles. The summed E-state index contributed by atoms with van der Waals surface area (Å²) in [6, 6.07) is 7.73. The van der Waals surface area contributed by atoms with Crippen molar-refractivity contribution in [3.05, 3.63) is 29.3 Å². The summed E-state index contributed by atoms with van der Waals surface area (Å²) in [7, 11) is 0. The summed E-state index contributed by atoms with van der Waals surface area (Å²) in [6.45, 7) is 9.33. The van der Waals surface area contributed by atoms with Crippen LogP contribution in [0.4, 0.5) is 5.69 Å². The Bertz CT molecular complexity index is 468. The van der Waals surface area contributed by atoms with Crippen molar-refractivity contribution >= 4 is 17.6 Å². The zero-order valence-corrected chi connectivity index (χ0v) is 14.7. The quantitative estimate of drug-likeness (QED) is 0.620. The van der Waals surface area contributed by atoms with Crippen LogP contribution in [0.2, 0.25) is 0 Å². The summed E-state index contributed by atoms with van der Waals surface area (Å²) >= 11 is 2.12. The third-order valence-corrected chi connectivity index (χ3v) is 6.53. The molecule has 1 aliphatic carbocycles. The average molecular weight is 304 g/mol. The summed E-state index contributed by atoms with van der Waals surface area (Å²) in [5, 5.41) is 0.882. The highest BCUT2D eigenvalue weighted by Crippen LogP contribution is 2.51. The van der Waals surface area contributed by atoms with Crippen LogP contribution >= 0.6 is 11.9 Å². The molecule has 1 saturated heterocycles. The molecule has 1 aromatic carbocycles. The van der Waals surface area contributed by atoms with Crippen LogP contribution in [0.1, 0.15) is 82.8 Å². The Morgan fingerprint density at radius 1 is 0.952 bits per heavy atom. The minimum absolute atomic E-state index is 0.601. The monoisotopic (exact) mass is 303 g/mol. The van der Waals surface area contributed by atoms with Crippen LogP contribution in [0.15, 0.2) is 18.2 Å². The number of fused-ring (bicyclic) bond motifs is 1. The van der Waals surface area contributed by atoms with E-state index in [2.05, 4.69) is 62.1 Å². The zero-order valence-electron chi connectivity index (χ0n) is 13.9. The lowest BCUT2D eigenvalue weighted by molar-refractivity contribution is 0.562. The van der Waals surface area contributed by atoms with Crippen LogP contribution in [0, 0.1) is 0 Å². The van der Waals surface area contributed by atoms with Crippen molar-refractivity contribution in [2.45, 2.75) is 82.9 Å². The summed E-state index contributed by atoms with van der Waals surface area (Å²) in [5.74, 6) is 1.20. The molecule has 0 spiro atoms. The van der Waals surface area contributed by atoms with Gasteiger partial charge >= 0.3 is 0 Å². The van der Waals surface area contributed by atoms with Gasteiger partial charge in [-0.25, -0.2) is 0 Å². The van der Waals surface area contributed by atoms with Crippen molar-refractivity contribution in [1.82, 2.24) is 0 Å². The second-order valence-electron chi connectivity index (χ2n) is 7.27. The molecule has 0 bridgehead atoms. The smallest absolute Gasteiger partial charge is 0.0542 e. The van der Waals surface area contributed by atoms with E-state index in [9.17, 15) is 0 Å². The van der Waals surface area contributed by atoms with E-state index < -0.39 is 0 Å². The second kappa shape index (κ2) is 6.24. The van der Waals surface area contributed by atoms with Gasteiger partial charge in [0.25, 0.3) is 0 Å². The van der Waals surface area contributed by atoms with Crippen molar-refractivity contribution in [2.75, 3.05) is 4.31 Å². The molecule has 3 rings (SSSR count). The van der Waals surface area contributed by atoms with Gasteiger partial charge in [0.1, 0.15) is 0 Å². The molecule has 0 radical (unpaired) electrons. The average Bonchev–Trinajstić information content (AvgIpc) is 2.61. The highest BCUT2D eigenvalue weighted by molar-refractivity contribution is 8.02. The van der Waals surface area contributed by atoms with E-state index in [1.165, 1.54) is 43.2 Å². The molecule has 2 aliphatic rings. The van der Waals surface area contributed by atoms with Gasteiger partial charge in [-0.15, -0.1) is 0 Å². The van der Waals surface area contributed by atoms with Gasteiger partial charge in [0, 0.05) is 5.25 Å². The molecule has 21 heavy (non-hydrogen) atoms. The van der Waals surface area contributed by atoms with Gasteiger partial charge in [0.15, 0.2) is 0 Å². The Morgan fingerprint density at radius 3 is 2.19 bits per heavy atom. The topological polar surface area (TPSA) is 3.24 Å². The van der Waals surface area contributed by atoms with E-state index in [1.54, 1.807) is 5.69 Å². The van der Waals surface area contributed by atoms with Gasteiger partial charge in [-0.3, -0.25) is 0 Å². The molecule has 1 saturated carbocycles. The molecule has 116 valence electrons. The third-order valence-electron chi connectivity index (χ3n) is 5.03. The van der Waals surface area contributed by atoms with Gasteiger partial charge in [-0.05, 0) is 47.8 Å². The number of hydrogen-bond acceptors (Lipinski definition) is 2. The SMILES string of the molecule is CC(C)c1cccc(C(C)C)c1N1SC2CCCCCC21. The van der Waals surface area contributed by atoms with E-state index >= 15 is 0 Å². The molecule has 1 aromatic rings. The molecule has 2 fully saturated rings.